The quantitative estimate of drug-likeness (QED) is 0.783. The van der Waals surface area contributed by atoms with Gasteiger partial charge < -0.3 is 10.1 Å². The summed E-state index contributed by atoms with van der Waals surface area (Å²) in [6.45, 7) is 9.37. The van der Waals surface area contributed by atoms with Gasteiger partial charge in [0.1, 0.15) is 0 Å². The Morgan fingerprint density at radius 1 is 1.20 bits per heavy atom. The lowest BCUT2D eigenvalue weighted by atomic mass is 9.81. The van der Waals surface area contributed by atoms with Crippen molar-refractivity contribution in [2.75, 3.05) is 7.11 Å². The Hall–Kier alpha value is -1.06. The van der Waals surface area contributed by atoms with E-state index in [1.165, 1.54) is 7.11 Å². The molecule has 0 aliphatic rings. The lowest BCUT2D eigenvalue weighted by Crippen LogP contribution is -2.50. The van der Waals surface area contributed by atoms with Crippen LogP contribution in [-0.2, 0) is 9.53 Å². The van der Waals surface area contributed by atoms with Gasteiger partial charge in [-0.3, -0.25) is 4.79 Å². The summed E-state index contributed by atoms with van der Waals surface area (Å²) < 4.78 is 4.50. The molecule has 1 amide bonds. The highest BCUT2D eigenvalue weighted by molar-refractivity contribution is 5.89. The van der Waals surface area contributed by atoms with E-state index in [-0.39, 0.29) is 17.1 Å². The van der Waals surface area contributed by atoms with Gasteiger partial charge in [-0.1, -0.05) is 34.6 Å². The van der Waals surface area contributed by atoms with Crippen molar-refractivity contribution in [2.45, 2.75) is 40.7 Å². The minimum Gasteiger partial charge on any atom is -0.453 e. The lowest BCUT2D eigenvalue weighted by molar-refractivity contribution is -0.126. The Bertz CT molecular complexity index is 241. The highest BCUT2D eigenvalue weighted by atomic mass is 16.5. The first-order valence-corrected chi connectivity index (χ1v) is 5.08. The Morgan fingerprint density at radius 3 is 1.93 bits per heavy atom. The van der Waals surface area contributed by atoms with Crippen molar-refractivity contribution in [3.8, 4) is 0 Å². The molecule has 88 valence electrons. The van der Waals surface area contributed by atoms with E-state index in [2.05, 4.69) is 10.1 Å². The number of hydrogen-bond donors (Lipinski definition) is 1. The zero-order valence-electron chi connectivity index (χ0n) is 10.4. The predicted octanol–water partition coefficient (Wildman–Crippen LogP) is 1.98. The molecule has 0 heterocycles. The van der Waals surface area contributed by atoms with E-state index < -0.39 is 12.1 Å². The van der Waals surface area contributed by atoms with Gasteiger partial charge in [0.2, 0.25) is 0 Å². The molecule has 1 atom stereocenters. The van der Waals surface area contributed by atoms with Crippen LogP contribution in [0.2, 0.25) is 0 Å². The summed E-state index contributed by atoms with van der Waals surface area (Å²) in [6, 6.07) is -0.509. The minimum atomic E-state index is -0.566. The van der Waals surface area contributed by atoms with Crippen LogP contribution in [0.3, 0.4) is 0 Å². The highest BCUT2D eigenvalue weighted by Crippen LogP contribution is 2.22. The number of Topliss-reactive ketones (excluding diaryl/α,β-unsaturated/α-hetero) is 1. The van der Waals surface area contributed by atoms with Crippen molar-refractivity contribution in [1.82, 2.24) is 5.32 Å². The third-order valence-electron chi connectivity index (χ3n) is 2.17. The Morgan fingerprint density at radius 2 is 1.67 bits per heavy atom. The molecule has 0 aromatic carbocycles. The molecule has 0 saturated heterocycles. The Balaban J connectivity index is 4.75. The molecule has 0 aliphatic carbocycles. The molecular weight excluding hydrogens is 194 g/mol. The first kappa shape index (κ1) is 13.9. The number of rotatable bonds is 3. The molecule has 0 aliphatic heterocycles. The largest absolute Gasteiger partial charge is 0.453 e. The SMILES string of the molecule is COC(=O)N[C@H](C(=O)C(C)C)C(C)(C)C. The second-order valence-corrected chi connectivity index (χ2v) is 4.99. The van der Waals surface area contributed by atoms with Gasteiger partial charge in [-0.05, 0) is 5.41 Å². The molecule has 0 rings (SSSR count). The molecule has 0 bridgehead atoms. The molecule has 0 fully saturated rings. The molecule has 15 heavy (non-hydrogen) atoms. The average Bonchev–Trinajstić information content (AvgIpc) is 2.10. The number of methoxy groups -OCH3 is 1. The molecular formula is C11H21NO3. The van der Waals surface area contributed by atoms with E-state index in [0.29, 0.717) is 0 Å². The molecule has 0 aromatic heterocycles. The minimum absolute atomic E-state index is 0.0212. The maximum absolute atomic E-state index is 11.9. The lowest BCUT2D eigenvalue weighted by Gasteiger charge is -2.30. The standard InChI is InChI=1S/C11H21NO3/c1-7(2)8(13)9(11(3,4)5)12-10(14)15-6/h7,9H,1-6H3,(H,12,14)/t9-/m1/s1. The Labute approximate surface area is 91.4 Å². The fourth-order valence-electron chi connectivity index (χ4n) is 1.22. The van der Waals surface area contributed by atoms with Gasteiger partial charge in [-0.2, -0.15) is 0 Å². The van der Waals surface area contributed by atoms with E-state index in [4.69, 9.17) is 0 Å². The molecule has 0 spiro atoms. The van der Waals surface area contributed by atoms with Gasteiger partial charge in [-0.15, -0.1) is 0 Å². The maximum Gasteiger partial charge on any atom is 0.407 e. The predicted molar refractivity (Wildman–Crippen MR) is 58.6 cm³/mol. The van der Waals surface area contributed by atoms with Crippen LogP contribution in [0, 0.1) is 11.3 Å². The molecule has 0 unspecified atom stereocenters. The summed E-state index contributed by atoms with van der Waals surface area (Å²) in [6.07, 6.45) is -0.566. The Kier molecular flexibility index (Phi) is 4.78. The molecule has 0 radical (unpaired) electrons. The summed E-state index contributed by atoms with van der Waals surface area (Å²) in [4.78, 5) is 23.0. The number of ketones is 1. The summed E-state index contributed by atoms with van der Waals surface area (Å²) >= 11 is 0. The van der Waals surface area contributed by atoms with Crippen molar-refractivity contribution in [1.29, 1.82) is 0 Å². The zero-order chi connectivity index (χ0) is 12.2. The molecule has 4 heteroatoms. The fourth-order valence-corrected chi connectivity index (χ4v) is 1.22. The van der Waals surface area contributed by atoms with Crippen LogP contribution in [0.5, 0.6) is 0 Å². The van der Waals surface area contributed by atoms with Gasteiger partial charge in [0.25, 0.3) is 0 Å². The maximum atomic E-state index is 11.9. The first-order valence-electron chi connectivity index (χ1n) is 5.08. The van der Waals surface area contributed by atoms with E-state index in [9.17, 15) is 9.59 Å². The van der Waals surface area contributed by atoms with Crippen molar-refractivity contribution in [3.05, 3.63) is 0 Å². The van der Waals surface area contributed by atoms with Crippen molar-refractivity contribution in [3.63, 3.8) is 0 Å². The third-order valence-corrected chi connectivity index (χ3v) is 2.17. The smallest absolute Gasteiger partial charge is 0.407 e. The third kappa shape index (κ3) is 4.32. The molecule has 4 nitrogen and oxygen atoms in total. The first-order chi connectivity index (χ1) is 6.70. The number of amides is 1. The van der Waals surface area contributed by atoms with E-state index in [0.717, 1.165) is 0 Å². The van der Waals surface area contributed by atoms with Crippen molar-refractivity contribution < 1.29 is 14.3 Å². The van der Waals surface area contributed by atoms with Gasteiger partial charge in [0.05, 0.1) is 13.2 Å². The van der Waals surface area contributed by atoms with Crippen LogP contribution in [0.4, 0.5) is 4.79 Å². The molecule has 0 aromatic rings. The monoisotopic (exact) mass is 215 g/mol. The van der Waals surface area contributed by atoms with Crippen molar-refractivity contribution in [2.24, 2.45) is 11.3 Å². The number of nitrogens with one attached hydrogen (secondary N) is 1. The van der Waals surface area contributed by atoms with Gasteiger partial charge in [-0.25, -0.2) is 4.79 Å². The highest BCUT2D eigenvalue weighted by Gasteiger charge is 2.33. The zero-order valence-corrected chi connectivity index (χ0v) is 10.4. The van der Waals surface area contributed by atoms with Crippen LogP contribution < -0.4 is 5.32 Å². The van der Waals surface area contributed by atoms with Gasteiger partial charge >= 0.3 is 6.09 Å². The normalized spacial score (nSPS) is 13.5. The average molecular weight is 215 g/mol. The van der Waals surface area contributed by atoms with Gasteiger partial charge in [0, 0.05) is 5.92 Å². The van der Waals surface area contributed by atoms with Crippen molar-refractivity contribution >= 4 is 11.9 Å². The number of hydrogen-bond acceptors (Lipinski definition) is 3. The summed E-state index contributed by atoms with van der Waals surface area (Å²) in [5.74, 6) is -0.0840. The van der Waals surface area contributed by atoms with Crippen LogP contribution in [0.25, 0.3) is 0 Å². The van der Waals surface area contributed by atoms with Gasteiger partial charge in [0.15, 0.2) is 5.78 Å². The van der Waals surface area contributed by atoms with E-state index in [1.54, 1.807) is 0 Å². The summed E-state index contributed by atoms with van der Waals surface area (Å²) in [5.41, 5.74) is -0.310. The topological polar surface area (TPSA) is 55.4 Å². The van der Waals surface area contributed by atoms with E-state index >= 15 is 0 Å². The van der Waals surface area contributed by atoms with Crippen LogP contribution in [-0.4, -0.2) is 25.0 Å². The summed E-state index contributed by atoms with van der Waals surface area (Å²) in [7, 11) is 1.29. The number of ether oxygens (including phenoxy) is 1. The van der Waals surface area contributed by atoms with Crippen LogP contribution >= 0.6 is 0 Å². The van der Waals surface area contributed by atoms with Crippen LogP contribution in [0.1, 0.15) is 34.6 Å². The summed E-state index contributed by atoms with van der Waals surface area (Å²) in [5, 5.41) is 2.58. The molecule has 0 saturated carbocycles. The van der Waals surface area contributed by atoms with Crippen LogP contribution in [0.15, 0.2) is 0 Å². The fraction of sp³-hybridized carbons (Fsp3) is 0.818. The van der Waals surface area contributed by atoms with E-state index in [1.807, 2.05) is 34.6 Å². The number of carbonyl (C=O) groups is 2. The second-order valence-electron chi connectivity index (χ2n) is 4.99. The number of alkyl carbamates (subject to hydrolysis) is 1. The molecule has 1 N–H and O–H groups in total. The second kappa shape index (κ2) is 5.14. The number of carbonyl (C=O) groups excluding carboxylic acids is 2.